The molecular weight excluding hydrogens is 306 g/mol. The van der Waals surface area contributed by atoms with Crippen LogP contribution in [0.3, 0.4) is 0 Å². The number of amides is 1. The Bertz CT molecular complexity index is 487. The number of carbonyl (C=O) groups is 2. The Morgan fingerprint density at radius 2 is 1.79 bits per heavy atom. The summed E-state index contributed by atoms with van der Waals surface area (Å²) in [5, 5.41) is 2.67. The normalized spacial score (nSPS) is 21.9. The van der Waals surface area contributed by atoms with Crippen LogP contribution in [0.15, 0.2) is 0 Å². The topological polar surface area (TPSA) is 64.6 Å². The van der Waals surface area contributed by atoms with Gasteiger partial charge in [0, 0.05) is 6.42 Å². The van der Waals surface area contributed by atoms with Gasteiger partial charge in [-0.3, -0.25) is 0 Å². The first-order chi connectivity index (χ1) is 10.9. The van der Waals surface area contributed by atoms with E-state index >= 15 is 0 Å². The van der Waals surface area contributed by atoms with Crippen molar-refractivity contribution >= 4 is 12.1 Å². The summed E-state index contributed by atoms with van der Waals surface area (Å²) in [6, 6.07) is -0.762. The molecule has 0 heterocycles. The largest absolute Gasteiger partial charge is 0.458 e. The molecule has 1 aliphatic carbocycles. The van der Waals surface area contributed by atoms with Gasteiger partial charge in [0.05, 0.1) is 0 Å². The van der Waals surface area contributed by atoms with E-state index in [-0.39, 0.29) is 6.10 Å². The van der Waals surface area contributed by atoms with Crippen LogP contribution in [-0.2, 0) is 14.3 Å². The molecule has 1 rings (SSSR count). The van der Waals surface area contributed by atoms with Crippen molar-refractivity contribution in [3.05, 3.63) is 0 Å². The second kappa shape index (κ2) is 7.92. The van der Waals surface area contributed by atoms with Crippen LogP contribution >= 0.6 is 0 Å². The number of nitrogens with one attached hydrogen (secondary N) is 1. The van der Waals surface area contributed by atoms with E-state index in [4.69, 9.17) is 15.9 Å². The standard InChI is InChI=1S/C19H31NO4/c1-8-9-10-13-11-14(12-13)23-17(22)20-15(18(2,3)4)16(21)24-19(5,6)7/h1,13-15H,9-12H2,2-7H3,(H,20,22). The van der Waals surface area contributed by atoms with Gasteiger partial charge >= 0.3 is 12.1 Å². The summed E-state index contributed by atoms with van der Waals surface area (Å²) >= 11 is 0. The highest BCUT2D eigenvalue weighted by Gasteiger charge is 2.38. The highest BCUT2D eigenvalue weighted by atomic mass is 16.6. The first kappa shape index (κ1) is 20.3. The molecule has 1 fully saturated rings. The van der Waals surface area contributed by atoms with Crippen LogP contribution in [0.25, 0.3) is 0 Å². The van der Waals surface area contributed by atoms with E-state index in [9.17, 15) is 9.59 Å². The molecule has 5 heteroatoms. The zero-order valence-electron chi connectivity index (χ0n) is 15.8. The van der Waals surface area contributed by atoms with E-state index in [1.54, 1.807) is 20.8 Å². The maximum absolute atomic E-state index is 12.4. The molecule has 1 atom stereocenters. The monoisotopic (exact) mass is 337 g/mol. The van der Waals surface area contributed by atoms with E-state index < -0.39 is 29.1 Å². The van der Waals surface area contributed by atoms with Crippen LogP contribution in [0.4, 0.5) is 4.79 Å². The molecule has 0 radical (unpaired) electrons. The molecular formula is C19H31NO4. The molecule has 1 unspecified atom stereocenters. The lowest BCUT2D eigenvalue weighted by Crippen LogP contribution is -2.52. The van der Waals surface area contributed by atoms with Crippen molar-refractivity contribution in [3.8, 4) is 12.3 Å². The minimum Gasteiger partial charge on any atom is -0.458 e. The zero-order valence-corrected chi connectivity index (χ0v) is 15.8. The zero-order chi connectivity index (χ0) is 18.5. The van der Waals surface area contributed by atoms with Gasteiger partial charge in [0.15, 0.2) is 0 Å². The number of rotatable bonds is 5. The molecule has 1 amide bonds. The minimum absolute atomic E-state index is 0.0907. The first-order valence-electron chi connectivity index (χ1n) is 8.56. The number of ether oxygens (including phenoxy) is 2. The molecule has 0 aliphatic heterocycles. The summed E-state index contributed by atoms with van der Waals surface area (Å²) in [5.74, 6) is 2.70. The van der Waals surface area contributed by atoms with Crippen molar-refractivity contribution < 1.29 is 19.1 Å². The lowest BCUT2D eigenvalue weighted by atomic mass is 9.79. The van der Waals surface area contributed by atoms with Gasteiger partial charge in [0.25, 0.3) is 0 Å². The molecule has 1 saturated carbocycles. The van der Waals surface area contributed by atoms with Crippen molar-refractivity contribution in [1.82, 2.24) is 5.32 Å². The van der Waals surface area contributed by atoms with Gasteiger partial charge in [-0.25, -0.2) is 9.59 Å². The number of terminal acetylenes is 1. The van der Waals surface area contributed by atoms with E-state index in [1.807, 2.05) is 20.8 Å². The van der Waals surface area contributed by atoms with E-state index in [1.165, 1.54) is 0 Å². The Balaban J connectivity index is 2.52. The molecule has 0 spiro atoms. The van der Waals surface area contributed by atoms with Crippen LogP contribution < -0.4 is 5.32 Å². The fourth-order valence-corrected chi connectivity index (χ4v) is 2.59. The molecule has 1 aliphatic rings. The van der Waals surface area contributed by atoms with Gasteiger partial charge in [-0.2, -0.15) is 0 Å². The predicted octanol–water partition coefficient (Wildman–Crippen LogP) is 3.66. The van der Waals surface area contributed by atoms with E-state index in [0.717, 1.165) is 25.7 Å². The number of hydrogen-bond donors (Lipinski definition) is 1. The fraction of sp³-hybridized carbons (Fsp3) is 0.789. The summed E-state index contributed by atoms with van der Waals surface area (Å²) in [7, 11) is 0. The van der Waals surface area contributed by atoms with Crippen molar-refractivity contribution in [1.29, 1.82) is 0 Å². The van der Waals surface area contributed by atoms with Crippen LogP contribution in [-0.4, -0.2) is 29.8 Å². The average molecular weight is 337 g/mol. The van der Waals surface area contributed by atoms with Gasteiger partial charge in [0.2, 0.25) is 0 Å². The SMILES string of the molecule is C#CCCC1CC(OC(=O)NC(C(=O)OC(C)(C)C)C(C)(C)C)C1. The molecule has 0 saturated heterocycles. The van der Waals surface area contributed by atoms with Crippen LogP contribution in [0, 0.1) is 23.7 Å². The molecule has 136 valence electrons. The Labute approximate surface area is 145 Å². The summed E-state index contributed by atoms with van der Waals surface area (Å²) in [4.78, 5) is 24.5. The predicted molar refractivity (Wildman–Crippen MR) is 93.3 cm³/mol. The van der Waals surface area contributed by atoms with Crippen LogP contribution in [0.2, 0.25) is 0 Å². The second-order valence-electron chi connectivity index (χ2n) is 8.58. The molecule has 5 nitrogen and oxygen atoms in total. The van der Waals surface area contributed by atoms with E-state index in [2.05, 4.69) is 11.2 Å². The van der Waals surface area contributed by atoms with Crippen molar-refractivity contribution in [2.45, 2.75) is 85.0 Å². The number of carbonyl (C=O) groups excluding carboxylic acids is 2. The first-order valence-corrected chi connectivity index (χ1v) is 8.56. The molecule has 0 bridgehead atoms. The van der Waals surface area contributed by atoms with Gasteiger partial charge in [-0.05, 0) is 51.4 Å². The lowest BCUT2D eigenvalue weighted by molar-refractivity contribution is -0.160. The maximum Gasteiger partial charge on any atom is 0.408 e. The highest BCUT2D eigenvalue weighted by molar-refractivity contribution is 5.82. The van der Waals surface area contributed by atoms with Gasteiger partial charge in [-0.15, -0.1) is 12.3 Å². The molecule has 0 aromatic rings. The summed E-state index contributed by atoms with van der Waals surface area (Å²) in [6.07, 6.45) is 7.99. The van der Waals surface area contributed by atoms with Crippen LogP contribution in [0.1, 0.15) is 67.2 Å². The maximum atomic E-state index is 12.4. The summed E-state index contributed by atoms with van der Waals surface area (Å²) in [6.45, 7) is 11.0. The Morgan fingerprint density at radius 1 is 1.21 bits per heavy atom. The Kier molecular flexibility index (Phi) is 6.71. The Morgan fingerprint density at radius 3 is 2.25 bits per heavy atom. The lowest BCUT2D eigenvalue weighted by Gasteiger charge is -2.36. The highest BCUT2D eigenvalue weighted by Crippen LogP contribution is 2.33. The third kappa shape index (κ3) is 6.82. The number of alkyl carbamates (subject to hydrolysis) is 1. The number of esters is 1. The fourth-order valence-electron chi connectivity index (χ4n) is 2.59. The van der Waals surface area contributed by atoms with Crippen LogP contribution in [0.5, 0.6) is 0 Å². The van der Waals surface area contributed by atoms with Gasteiger partial charge < -0.3 is 14.8 Å². The third-order valence-corrected chi connectivity index (χ3v) is 3.93. The summed E-state index contributed by atoms with van der Waals surface area (Å²) in [5.41, 5.74) is -1.08. The number of hydrogen-bond acceptors (Lipinski definition) is 4. The van der Waals surface area contributed by atoms with Crippen molar-refractivity contribution in [2.24, 2.45) is 11.3 Å². The summed E-state index contributed by atoms with van der Waals surface area (Å²) < 4.78 is 10.8. The molecule has 0 aromatic carbocycles. The Hall–Kier alpha value is -1.70. The van der Waals surface area contributed by atoms with Crippen molar-refractivity contribution in [3.63, 3.8) is 0 Å². The van der Waals surface area contributed by atoms with Crippen molar-refractivity contribution in [2.75, 3.05) is 0 Å². The average Bonchev–Trinajstić information content (AvgIpc) is 2.34. The smallest absolute Gasteiger partial charge is 0.408 e. The third-order valence-electron chi connectivity index (χ3n) is 3.93. The molecule has 1 N–H and O–H groups in total. The molecule has 24 heavy (non-hydrogen) atoms. The van der Waals surface area contributed by atoms with Gasteiger partial charge in [-0.1, -0.05) is 20.8 Å². The quantitative estimate of drug-likeness (QED) is 0.614. The molecule has 0 aromatic heterocycles. The minimum atomic E-state index is -0.762. The van der Waals surface area contributed by atoms with E-state index in [0.29, 0.717) is 5.92 Å². The van der Waals surface area contributed by atoms with Gasteiger partial charge in [0.1, 0.15) is 17.7 Å². The second-order valence-corrected chi connectivity index (χ2v) is 8.58.